The maximum absolute atomic E-state index is 5.54. The van der Waals surface area contributed by atoms with E-state index in [1.807, 2.05) is 24.3 Å². The first-order valence-electron chi connectivity index (χ1n) is 6.41. The van der Waals surface area contributed by atoms with Gasteiger partial charge in [0.15, 0.2) is 0 Å². The molecule has 0 aliphatic heterocycles. The number of halogens is 1. The smallest absolute Gasteiger partial charge is 0.119 e. The number of methoxy groups -OCH3 is 1. The summed E-state index contributed by atoms with van der Waals surface area (Å²) in [5, 5.41) is 5.57. The maximum atomic E-state index is 5.54. The number of nitrogens with one attached hydrogen (secondary N) is 1. The predicted octanol–water partition coefficient (Wildman–Crippen LogP) is 4.71. The Hall–Kier alpha value is -1.04. The molecule has 5 heteroatoms. The molecule has 1 aromatic heterocycles. The highest BCUT2D eigenvalue weighted by molar-refractivity contribution is 9.10. The number of hydrogen-bond donors (Lipinski definition) is 1. The van der Waals surface area contributed by atoms with Crippen molar-refractivity contribution in [2.24, 2.45) is 0 Å². The minimum absolute atomic E-state index is 0.284. The molecule has 1 aromatic carbocycles. The molecule has 0 radical (unpaired) electrons. The van der Waals surface area contributed by atoms with Gasteiger partial charge in [-0.1, -0.05) is 0 Å². The Morgan fingerprint density at radius 3 is 2.60 bits per heavy atom. The zero-order valence-corrected chi connectivity index (χ0v) is 14.0. The second kappa shape index (κ2) is 7.67. The molecule has 2 rings (SSSR count). The molecule has 0 bridgehead atoms. The Kier molecular flexibility index (Phi) is 5.88. The fourth-order valence-corrected chi connectivity index (χ4v) is 3.22. The van der Waals surface area contributed by atoms with Gasteiger partial charge in [-0.15, -0.1) is 11.3 Å². The van der Waals surface area contributed by atoms with Crippen LogP contribution in [0, 0.1) is 0 Å². The number of anilines is 1. The SMILES string of the molecule is COCCOc1ccc(NC(C)c2cc(Br)cs2)cc1. The first-order chi connectivity index (χ1) is 9.69. The van der Waals surface area contributed by atoms with Crippen LogP contribution in [0.4, 0.5) is 5.69 Å². The van der Waals surface area contributed by atoms with Crippen LogP contribution in [-0.2, 0) is 4.74 Å². The third-order valence-corrected chi connectivity index (χ3v) is 4.68. The monoisotopic (exact) mass is 355 g/mol. The average Bonchev–Trinajstić information content (AvgIpc) is 2.88. The van der Waals surface area contributed by atoms with Gasteiger partial charge in [-0.05, 0) is 53.2 Å². The summed E-state index contributed by atoms with van der Waals surface area (Å²) in [5.41, 5.74) is 1.08. The number of rotatable bonds is 7. The molecule has 0 fully saturated rings. The van der Waals surface area contributed by atoms with Gasteiger partial charge in [0, 0.05) is 27.5 Å². The maximum Gasteiger partial charge on any atom is 0.119 e. The molecule has 1 N–H and O–H groups in total. The van der Waals surface area contributed by atoms with Gasteiger partial charge < -0.3 is 14.8 Å². The molecule has 3 nitrogen and oxygen atoms in total. The van der Waals surface area contributed by atoms with Gasteiger partial charge in [-0.2, -0.15) is 0 Å². The van der Waals surface area contributed by atoms with Crippen LogP contribution in [0.3, 0.4) is 0 Å². The summed E-state index contributed by atoms with van der Waals surface area (Å²) < 4.78 is 11.6. The topological polar surface area (TPSA) is 30.5 Å². The Morgan fingerprint density at radius 1 is 1.25 bits per heavy atom. The third-order valence-electron chi connectivity index (χ3n) is 2.81. The molecule has 0 aliphatic carbocycles. The van der Waals surface area contributed by atoms with Crippen LogP contribution in [0.25, 0.3) is 0 Å². The molecule has 2 aromatic rings. The summed E-state index contributed by atoms with van der Waals surface area (Å²) in [5.74, 6) is 0.860. The molecule has 0 spiro atoms. The Morgan fingerprint density at radius 2 is 2.00 bits per heavy atom. The van der Waals surface area contributed by atoms with E-state index in [1.165, 1.54) is 4.88 Å². The highest BCUT2D eigenvalue weighted by atomic mass is 79.9. The third kappa shape index (κ3) is 4.51. The van der Waals surface area contributed by atoms with Crippen molar-refractivity contribution in [3.05, 3.63) is 45.1 Å². The quantitative estimate of drug-likeness (QED) is 0.729. The van der Waals surface area contributed by atoms with E-state index < -0.39 is 0 Å². The van der Waals surface area contributed by atoms with E-state index in [1.54, 1.807) is 18.4 Å². The van der Waals surface area contributed by atoms with Crippen LogP contribution < -0.4 is 10.1 Å². The summed E-state index contributed by atoms with van der Waals surface area (Å²) in [6.07, 6.45) is 0. The van der Waals surface area contributed by atoms with Crippen molar-refractivity contribution in [2.45, 2.75) is 13.0 Å². The van der Waals surface area contributed by atoms with Gasteiger partial charge in [0.25, 0.3) is 0 Å². The minimum atomic E-state index is 0.284. The van der Waals surface area contributed by atoms with E-state index >= 15 is 0 Å². The van der Waals surface area contributed by atoms with Crippen molar-refractivity contribution in [2.75, 3.05) is 25.6 Å². The second-order valence-corrected chi connectivity index (χ2v) is 6.26. The molecule has 0 saturated heterocycles. The van der Waals surface area contributed by atoms with Gasteiger partial charge in [0.2, 0.25) is 0 Å². The van der Waals surface area contributed by atoms with Crippen molar-refractivity contribution < 1.29 is 9.47 Å². The van der Waals surface area contributed by atoms with E-state index in [9.17, 15) is 0 Å². The van der Waals surface area contributed by atoms with E-state index in [0.29, 0.717) is 13.2 Å². The molecule has 20 heavy (non-hydrogen) atoms. The lowest BCUT2D eigenvalue weighted by molar-refractivity contribution is 0.146. The summed E-state index contributed by atoms with van der Waals surface area (Å²) in [4.78, 5) is 1.30. The zero-order chi connectivity index (χ0) is 14.4. The summed E-state index contributed by atoms with van der Waals surface area (Å²) in [6.45, 7) is 3.33. The summed E-state index contributed by atoms with van der Waals surface area (Å²) >= 11 is 5.23. The number of ether oxygens (including phenoxy) is 2. The predicted molar refractivity (Wildman–Crippen MR) is 87.9 cm³/mol. The molecular formula is C15H18BrNO2S. The van der Waals surface area contributed by atoms with Crippen LogP contribution in [0.1, 0.15) is 17.8 Å². The lowest BCUT2D eigenvalue weighted by Gasteiger charge is -2.14. The molecule has 1 unspecified atom stereocenters. The second-order valence-electron chi connectivity index (χ2n) is 4.40. The van der Waals surface area contributed by atoms with Crippen LogP contribution >= 0.6 is 27.3 Å². The number of hydrogen-bond acceptors (Lipinski definition) is 4. The zero-order valence-electron chi connectivity index (χ0n) is 11.6. The molecule has 0 aliphatic rings. The van der Waals surface area contributed by atoms with Gasteiger partial charge in [0.05, 0.1) is 12.6 Å². The number of benzene rings is 1. The first kappa shape index (κ1) is 15.4. The Bertz CT molecular complexity index is 527. The largest absolute Gasteiger partial charge is 0.491 e. The fourth-order valence-electron chi connectivity index (χ4n) is 1.77. The van der Waals surface area contributed by atoms with E-state index in [2.05, 4.69) is 39.6 Å². The summed E-state index contributed by atoms with van der Waals surface area (Å²) in [7, 11) is 1.67. The molecule has 1 atom stereocenters. The molecule has 0 amide bonds. The highest BCUT2D eigenvalue weighted by Gasteiger charge is 2.07. The summed E-state index contributed by atoms with van der Waals surface area (Å²) in [6, 6.07) is 10.4. The van der Waals surface area contributed by atoms with Crippen LogP contribution in [0.2, 0.25) is 0 Å². The van der Waals surface area contributed by atoms with Crippen molar-refractivity contribution in [3.8, 4) is 5.75 Å². The Balaban J connectivity index is 1.90. The van der Waals surface area contributed by atoms with Gasteiger partial charge >= 0.3 is 0 Å². The fraction of sp³-hybridized carbons (Fsp3) is 0.333. The molecule has 108 valence electrons. The van der Waals surface area contributed by atoms with Crippen LogP contribution in [0.5, 0.6) is 5.75 Å². The van der Waals surface area contributed by atoms with Gasteiger partial charge in [0.1, 0.15) is 12.4 Å². The highest BCUT2D eigenvalue weighted by Crippen LogP contribution is 2.28. The van der Waals surface area contributed by atoms with E-state index in [-0.39, 0.29) is 6.04 Å². The van der Waals surface area contributed by atoms with Crippen LogP contribution in [-0.4, -0.2) is 20.3 Å². The standard InChI is InChI=1S/C15H18BrNO2S/c1-11(15-9-12(16)10-20-15)17-13-3-5-14(6-4-13)19-8-7-18-2/h3-6,9-11,17H,7-8H2,1-2H3. The van der Waals surface area contributed by atoms with Crippen molar-refractivity contribution >= 4 is 33.0 Å². The normalized spacial score (nSPS) is 12.2. The molecule has 1 heterocycles. The van der Waals surface area contributed by atoms with Crippen molar-refractivity contribution in [1.82, 2.24) is 0 Å². The first-order valence-corrected chi connectivity index (χ1v) is 8.08. The van der Waals surface area contributed by atoms with Crippen molar-refractivity contribution in [1.29, 1.82) is 0 Å². The molecular weight excluding hydrogens is 338 g/mol. The van der Waals surface area contributed by atoms with E-state index in [4.69, 9.17) is 9.47 Å². The Labute approximate surface area is 132 Å². The lowest BCUT2D eigenvalue weighted by Crippen LogP contribution is -2.06. The lowest BCUT2D eigenvalue weighted by atomic mass is 10.2. The van der Waals surface area contributed by atoms with Crippen molar-refractivity contribution in [3.63, 3.8) is 0 Å². The average molecular weight is 356 g/mol. The minimum Gasteiger partial charge on any atom is -0.491 e. The van der Waals surface area contributed by atoms with Gasteiger partial charge in [-0.25, -0.2) is 0 Å². The van der Waals surface area contributed by atoms with E-state index in [0.717, 1.165) is 15.9 Å². The molecule has 0 saturated carbocycles. The van der Waals surface area contributed by atoms with Gasteiger partial charge in [-0.3, -0.25) is 0 Å². The van der Waals surface area contributed by atoms with Crippen LogP contribution in [0.15, 0.2) is 40.2 Å². The number of thiophene rings is 1.